The Labute approximate surface area is 117 Å². The standard InChI is InChI=1S/C15H9FN2O3/c16-11-7-5-10(6-8-11)9-17-18-14(19)12-3-1-2-4-13(12)21-15(18)20/h1-9H/b17-9+. The molecular formula is C15H9FN2O3. The van der Waals surface area contributed by atoms with Gasteiger partial charge in [-0.3, -0.25) is 4.79 Å². The molecule has 0 radical (unpaired) electrons. The summed E-state index contributed by atoms with van der Waals surface area (Å²) in [5.41, 5.74) is 0.191. The molecule has 0 aliphatic heterocycles. The first-order valence-corrected chi connectivity index (χ1v) is 6.10. The molecule has 0 atom stereocenters. The third-order valence-corrected chi connectivity index (χ3v) is 2.87. The summed E-state index contributed by atoms with van der Waals surface area (Å²) in [5.74, 6) is -1.26. The molecule has 6 heteroatoms. The first kappa shape index (κ1) is 13.0. The second-order valence-electron chi connectivity index (χ2n) is 4.28. The fourth-order valence-electron chi connectivity index (χ4n) is 1.84. The average molecular weight is 284 g/mol. The first-order valence-electron chi connectivity index (χ1n) is 6.10. The molecule has 1 heterocycles. The van der Waals surface area contributed by atoms with Gasteiger partial charge in [-0.1, -0.05) is 24.3 Å². The summed E-state index contributed by atoms with van der Waals surface area (Å²) < 4.78 is 18.4. The monoisotopic (exact) mass is 284 g/mol. The molecule has 1 aromatic heterocycles. The molecule has 3 aromatic rings. The third-order valence-electron chi connectivity index (χ3n) is 2.87. The molecule has 0 N–H and O–H groups in total. The minimum absolute atomic E-state index is 0.209. The molecule has 0 saturated carbocycles. The SMILES string of the molecule is O=c1oc2ccccc2c(=O)n1/N=C/c1ccc(F)cc1. The second-order valence-corrected chi connectivity index (χ2v) is 4.28. The number of benzene rings is 2. The molecule has 0 spiro atoms. The topological polar surface area (TPSA) is 64.6 Å². The normalized spacial score (nSPS) is 11.3. The largest absolute Gasteiger partial charge is 0.443 e. The van der Waals surface area contributed by atoms with Gasteiger partial charge in [0.25, 0.3) is 5.56 Å². The van der Waals surface area contributed by atoms with Crippen LogP contribution >= 0.6 is 0 Å². The van der Waals surface area contributed by atoms with Gasteiger partial charge in [0.1, 0.15) is 11.4 Å². The number of nitrogens with zero attached hydrogens (tertiary/aromatic N) is 2. The summed E-state index contributed by atoms with van der Waals surface area (Å²) in [6.45, 7) is 0. The molecule has 0 aliphatic rings. The van der Waals surface area contributed by atoms with Crippen molar-refractivity contribution in [1.29, 1.82) is 0 Å². The predicted molar refractivity (Wildman–Crippen MR) is 76.1 cm³/mol. The van der Waals surface area contributed by atoms with Crippen molar-refractivity contribution in [2.45, 2.75) is 0 Å². The quantitative estimate of drug-likeness (QED) is 0.676. The van der Waals surface area contributed by atoms with Crippen molar-refractivity contribution in [1.82, 2.24) is 4.68 Å². The smallest absolute Gasteiger partial charge is 0.408 e. The molecule has 0 saturated heterocycles. The lowest BCUT2D eigenvalue weighted by Crippen LogP contribution is -2.29. The second kappa shape index (κ2) is 5.16. The Morgan fingerprint density at radius 1 is 1.05 bits per heavy atom. The van der Waals surface area contributed by atoms with Crippen molar-refractivity contribution in [2.24, 2.45) is 5.10 Å². The van der Waals surface area contributed by atoms with Crippen LogP contribution in [0.4, 0.5) is 4.39 Å². The Morgan fingerprint density at radius 3 is 2.52 bits per heavy atom. The summed E-state index contributed by atoms with van der Waals surface area (Å²) in [6.07, 6.45) is 1.28. The number of hydrogen-bond acceptors (Lipinski definition) is 4. The lowest BCUT2D eigenvalue weighted by atomic mass is 10.2. The zero-order valence-electron chi connectivity index (χ0n) is 10.7. The van der Waals surface area contributed by atoms with E-state index in [1.54, 1.807) is 18.2 Å². The van der Waals surface area contributed by atoms with E-state index in [1.165, 1.54) is 36.5 Å². The van der Waals surface area contributed by atoms with Crippen LogP contribution in [-0.2, 0) is 0 Å². The molecule has 5 nitrogen and oxygen atoms in total. The lowest BCUT2D eigenvalue weighted by molar-refractivity contribution is 0.481. The van der Waals surface area contributed by atoms with Crippen LogP contribution in [0.3, 0.4) is 0 Å². The number of para-hydroxylation sites is 1. The van der Waals surface area contributed by atoms with E-state index in [0.717, 1.165) is 0 Å². The predicted octanol–water partition coefficient (Wildman–Crippen LogP) is 1.98. The Morgan fingerprint density at radius 2 is 1.76 bits per heavy atom. The highest BCUT2D eigenvalue weighted by atomic mass is 19.1. The molecule has 3 rings (SSSR count). The summed E-state index contributed by atoms with van der Waals surface area (Å²) in [5, 5.41) is 4.06. The highest BCUT2D eigenvalue weighted by Gasteiger charge is 2.07. The fourth-order valence-corrected chi connectivity index (χ4v) is 1.84. The van der Waals surface area contributed by atoms with Crippen LogP contribution < -0.4 is 11.3 Å². The van der Waals surface area contributed by atoms with Gasteiger partial charge >= 0.3 is 5.76 Å². The number of aromatic nitrogens is 1. The summed E-state index contributed by atoms with van der Waals surface area (Å²) in [6, 6.07) is 11.9. The summed E-state index contributed by atoms with van der Waals surface area (Å²) >= 11 is 0. The first-order chi connectivity index (χ1) is 10.1. The molecule has 21 heavy (non-hydrogen) atoms. The van der Waals surface area contributed by atoms with Crippen molar-refractivity contribution >= 4 is 17.2 Å². The summed E-state index contributed by atoms with van der Waals surface area (Å²) in [4.78, 5) is 23.9. The third kappa shape index (κ3) is 2.51. The van der Waals surface area contributed by atoms with E-state index in [-0.39, 0.29) is 16.8 Å². The van der Waals surface area contributed by atoms with Crippen LogP contribution in [-0.4, -0.2) is 10.9 Å². The van der Waals surface area contributed by atoms with Crippen LogP contribution in [0.1, 0.15) is 5.56 Å². The van der Waals surface area contributed by atoms with Crippen LogP contribution in [0.15, 0.2) is 67.6 Å². The van der Waals surface area contributed by atoms with Gasteiger partial charge in [-0.2, -0.15) is 5.10 Å². The molecule has 2 aromatic carbocycles. The van der Waals surface area contributed by atoms with Gasteiger partial charge in [-0.15, -0.1) is 4.68 Å². The van der Waals surface area contributed by atoms with Gasteiger partial charge in [0.15, 0.2) is 0 Å². The van der Waals surface area contributed by atoms with Gasteiger partial charge in [-0.05, 0) is 29.8 Å². The zero-order chi connectivity index (χ0) is 14.8. The van der Waals surface area contributed by atoms with Crippen LogP contribution in [0.5, 0.6) is 0 Å². The number of halogens is 1. The Bertz CT molecular complexity index is 940. The van der Waals surface area contributed by atoms with Crippen molar-refractivity contribution in [3.63, 3.8) is 0 Å². The Hall–Kier alpha value is -3.02. The van der Waals surface area contributed by atoms with Crippen molar-refractivity contribution in [3.8, 4) is 0 Å². The maximum absolute atomic E-state index is 12.8. The fraction of sp³-hybridized carbons (Fsp3) is 0. The van der Waals surface area contributed by atoms with Crippen LogP contribution in [0, 0.1) is 5.82 Å². The molecule has 0 fully saturated rings. The van der Waals surface area contributed by atoms with Gasteiger partial charge in [0.2, 0.25) is 0 Å². The van der Waals surface area contributed by atoms with Crippen molar-refractivity contribution in [3.05, 3.63) is 80.8 Å². The molecule has 0 unspecified atom stereocenters. The lowest BCUT2D eigenvalue weighted by Gasteiger charge is -1.99. The van der Waals surface area contributed by atoms with Gasteiger partial charge < -0.3 is 4.42 Å². The van der Waals surface area contributed by atoms with Gasteiger partial charge in [0, 0.05) is 0 Å². The van der Waals surface area contributed by atoms with Crippen LogP contribution in [0.25, 0.3) is 11.0 Å². The highest BCUT2D eigenvalue weighted by Crippen LogP contribution is 2.05. The van der Waals surface area contributed by atoms with E-state index in [9.17, 15) is 14.0 Å². The van der Waals surface area contributed by atoms with E-state index in [1.807, 2.05) is 0 Å². The molecule has 0 aliphatic carbocycles. The maximum atomic E-state index is 12.8. The van der Waals surface area contributed by atoms with Crippen LogP contribution in [0.2, 0.25) is 0 Å². The number of hydrogen-bond donors (Lipinski definition) is 0. The van der Waals surface area contributed by atoms with Gasteiger partial charge in [0.05, 0.1) is 11.6 Å². The Balaban J connectivity index is 2.10. The molecule has 104 valence electrons. The van der Waals surface area contributed by atoms with Crippen molar-refractivity contribution < 1.29 is 8.81 Å². The zero-order valence-corrected chi connectivity index (χ0v) is 10.7. The van der Waals surface area contributed by atoms with E-state index in [0.29, 0.717) is 10.2 Å². The maximum Gasteiger partial charge on any atom is 0.443 e. The molecular weight excluding hydrogens is 275 g/mol. The number of fused-ring (bicyclic) bond motifs is 1. The molecule has 0 bridgehead atoms. The average Bonchev–Trinajstić information content (AvgIpc) is 2.49. The van der Waals surface area contributed by atoms with Crippen molar-refractivity contribution in [2.75, 3.05) is 0 Å². The van der Waals surface area contributed by atoms with E-state index < -0.39 is 11.3 Å². The van der Waals surface area contributed by atoms with E-state index >= 15 is 0 Å². The Kier molecular flexibility index (Phi) is 3.19. The minimum atomic E-state index is -0.878. The van der Waals surface area contributed by atoms with E-state index in [4.69, 9.17) is 4.42 Å². The molecule has 0 amide bonds. The summed E-state index contributed by atoms with van der Waals surface area (Å²) in [7, 11) is 0. The highest BCUT2D eigenvalue weighted by molar-refractivity contribution is 5.79. The van der Waals surface area contributed by atoms with Gasteiger partial charge in [-0.25, -0.2) is 9.18 Å². The van der Waals surface area contributed by atoms with E-state index in [2.05, 4.69) is 5.10 Å². The minimum Gasteiger partial charge on any atom is -0.408 e. The number of rotatable bonds is 2.